The molecule has 0 aromatic carbocycles. The van der Waals surface area contributed by atoms with Crippen LogP contribution in [0.3, 0.4) is 0 Å². The van der Waals surface area contributed by atoms with Crippen LogP contribution < -0.4 is 5.32 Å². The molecule has 2 aliphatic rings. The summed E-state index contributed by atoms with van der Waals surface area (Å²) in [6, 6.07) is -0.187. The molecule has 0 bridgehead atoms. The number of carbonyl (C=O) groups excluding carboxylic acids is 1. The summed E-state index contributed by atoms with van der Waals surface area (Å²) in [5, 5.41) is 21.6. The fourth-order valence-electron chi connectivity index (χ4n) is 3.02. The highest BCUT2D eigenvalue weighted by molar-refractivity contribution is 5.74. The Labute approximate surface area is 119 Å². The quantitative estimate of drug-likeness (QED) is 0.719. The van der Waals surface area contributed by atoms with E-state index in [1.165, 1.54) is 0 Å². The molecule has 0 radical (unpaired) electrons. The van der Waals surface area contributed by atoms with Crippen LogP contribution in [0.15, 0.2) is 0 Å². The zero-order valence-corrected chi connectivity index (χ0v) is 12.0. The van der Waals surface area contributed by atoms with Crippen molar-refractivity contribution in [1.29, 1.82) is 0 Å². The zero-order valence-electron chi connectivity index (χ0n) is 12.0. The number of nitrogens with zero attached hydrogens (tertiary/aromatic N) is 1. The first-order valence-corrected chi connectivity index (χ1v) is 7.34. The van der Waals surface area contributed by atoms with Gasteiger partial charge in [0.05, 0.1) is 12.5 Å². The van der Waals surface area contributed by atoms with E-state index in [0.29, 0.717) is 19.6 Å². The van der Waals surface area contributed by atoms with Gasteiger partial charge >= 0.3 is 12.0 Å². The number of β-amino-alcohol motifs (C(OH)–C–C–N with tert-alkyl or cyclic N) is 1. The summed E-state index contributed by atoms with van der Waals surface area (Å²) in [6.07, 6.45) is 3.20. The number of aliphatic carboxylic acids is 1. The van der Waals surface area contributed by atoms with E-state index in [2.05, 4.69) is 5.32 Å². The van der Waals surface area contributed by atoms with Crippen LogP contribution in [-0.4, -0.2) is 52.9 Å². The summed E-state index contributed by atoms with van der Waals surface area (Å²) in [7, 11) is 0. The summed E-state index contributed by atoms with van der Waals surface area (Å²) in [4.78, 5) is 24.6. The second-order valence-corrected chi connectivity index (χ2v) is 6.36. The second-order valence-electron chi connectivity index (χ2n) is 6.36. The molecule has 0 spiro atoms. The molecule has 2 fully saturated rings. The molecule has 1 aliphatic heterocycles. The average Bonchev–Trinajstić information content (AvgIpc) is 2.35. The molecule has 1 heterocycles. The molecular weight excluding hydrogens is 260 g/mol. The number of rotatable bonds is 4. The standard InChI is InChI=1S/C14H24N2O4/c1-10-3-6-16(8-11(10)17)13(20)15-9-14(4-2-5-14)7-12(18)19/h10-11,17H,2-9H2,1H3,(H,15,20)(H,18,19). The monoisotopic (exact) mass is 284 g/mol. The Kier molecular flexibility index (Phi) is 4.52. The molecule has 3 N–H and O–H groups in total. The van der Waals surface area contributed by atoms with Crippen molar-refractivity contribution < 1.29 is 19.8 Å². The molecule has 2 amide bonds. The van der Waals surface area contributed by atoms with E-state index in [1.807, 2.05) is 6.92 Å². The third-order valence-electron chi connectivity index (χ3n) is 4.76. The minimum Gasteiger partial charge on any atom is -0.481 e. The van der Waals surface area contributed by atoms with Crippen LogP contribution in [-0.2, 0) is 4.79 Å². The highest BCUT2D eigenvalue weighted by Crippen LogP contribution is 2.43. The Morgan fingerprint density at radius 2 is 2.10 bits per heavy atom. The smallest absolute Gasteiger partial charge is 0.317 e. The van der Waals surface area contributed by atoms with Crippen LogP contribution in [0.1, 0.15) is 39.0 Å². The van der Waals surface area contributed by atoms with E-state index in [0.717, 1.165) is 25.7 Å². The van der Waals surface area contributed by atoms with Gasteiger partial charge in [0.1, 0.15) is 0 Å². The summed E-state index contributed by atoms with van der Waals surface area (Å²) in [6.45, 7) is 3.41. The van der Waals surface area contributed by atoms with Gasteiger partial charge in [-0.25, -0.2) is 4.79 Å². The number of hydrogen-bond donors (Lipinski definition) is 3. The van der Waals surface area contributed by atoms with Crippen LogP contribution in [0, 0.1) is 11.3 Å². The van der Waals surface area contributed by atoms with Crippen LogP contribution in [0.4, 0.5) is 4.79 Å². The first-order valence-electron chi connectivity index (χ1n) is 7.34. The molecule has 1 aliphatic carbocycles. The van der Waals surface area contributed by atoms with Crippen molar-refractivity contribution in [3.8, 4) is 0 Å². The predicted octanol–water partition coefficient (Wildman–Crippen LogP) is 1.04. The van der Waals surface area contributed by atoms with E-state index in [4.69, 9.17) is 5.11 Å². The lowest BCUT2D eigenvalue weighted by atomic mass is 9.66. The maximum Gasteiger partial charge on any atom is 0.317 e. The Bertz CT molecular complexity index is 381. The van der Waals surface area contributed by atoms with Gasteiger partial charge in [-0.3, -0.25) is 4.79 Å². The predicted molar refractivity (Wildman–Crippen MR) is 73.3 cm³/mol. The molecule has 20 heavy (non-hydrogen) atoms. The highest BCUT2D eigenvalue weighted by atomic mass is 16.4. The number of aliphatic hydroxyl groups excluding tert-OH is 1. The van der Waals surface area contributed by atoms with E-state index in [-0.39, 0.29) is 23.8 Å². The second kappa shape index (κ2) is 5.99. The van der Waals surface area contributed by atoms with Gasteiger partial charge in [-0.1, -0.05) is 13.3 Å². The third-order valence-corrected chi connectivity index (χ3v) is 4.76. The number of aliphatic hydroxyl groups is 1. The number of amides is 2. The lowest BCUT2D eigenvalue weighted by Gasteiger charge is -2.42. The third kappa shape index (κ3) is 3.42. The number of nitrogens with one attached hydrogen (secondary N) is 1. The number of urea groups is 1. The van der Waals surface area contributed by atoms with Crippen molar-refractivity contribution in [2.45, 2.75) is 45.1 Å². The molecule has 2 rings (SSSR count). The molecule has 2 atom stereocenters. The Morgan fingerprint density at radius 3 is 2.60 bits per heavy atom. The number of hydrogen-bond acceptors (Lipinski definition) is 3. The lowest BCUT2D eigenvalue weighted by Crippen LogP contribution is -2.52. The Balaban J connectivity index is 1.81. The molecular formula is C14H24N2O4. The first-order chi connectivity index (χ1) is 9.42. The van der Waals surface area contributed by atoms with Gasteiger partial charge in [0.2, 0.25) is 0 Å². The maximum absolute atomic E-state index is 12.1. The van der Waals surface area contributed by atoms with Crippen molar-refractivity contribution in [2.24, 2.45) is 11.3 Å². The van der Waals surface area contributed by atoms with E-state index in [9.17, 15) is 14.7 Å². The summed E-state index contributed by atoms with van der Waals surface area (Å²) >= 11 is 0. The highest BCUT2D eigenvalue weighted by Gasteiger charge is 2.39. The normalized spacial score (nSPS) is 28.6. The number of piperidine rings is 1. The number of carboxylic acids is 1. The van der Waals surface area contributed by atoms with Crippen LogP contribution in [0.2, 0.25) is 0 Å². The summed E-state index contributed by atoms with van der Waals surface area (Å²) in [5.74, 6) is -0.579. The number of carbonyl (C=O) groups is 2. The van der Waals surface area contributed by atoms with Crippen molar-refractivity contribution in [3.05, 3.63) is 0 Å². The van der Waals surface area contributed by atoms with Crippen LogP contribution in [0.5, 0.6) is 0 Å². The molecule has 0 aromatic rings. The van der Waals surface area contributed by atoms with Gasteiger partial charge in [-0.05, 0) is 30.6 Å². The van der Waals surface area contributed by atoms with Crippen LogP contribution in [0.25, 0.3) is 0 Å². The van der Waals surface area contributed by atoms with Gasteiger partial charge in [0.25, 0.3) is 0 Å². The fraction of sp³-hybridized carbons (Fsp3) is 0.857. The molecule has 6 nitrogen and oxygen atoms in total. The van der Waals surface area contributed by atoms with E-state index < -0.39 is 12.1 Å². The molecule has 6 heteroatoms. The van der Waals surface area contributed by atoms with Crippen molar-refractivity contribution in [2.75, 3.05) is 19.6 Å². The van der Waals surface area contributed by atoms with Gasteiger partial charge < -0.3 is 20.4 Å². The van der Waals surface area contributed by atoms with E-state index >= 15 is 0 Å². The molecule has 2 unspecified atom stereocenters. The minimum absolute atomic E-state index is 0.118. The summed E-state index contributed by atoms with van der Waals surface area (Å²) < 4.78 is 0. The Morgan fingerprint density at radius 1 is 1.40 bits per heavy atom. The van der Waals surface area contributed by atoms with Gasteiger partial charge in [0, 0.05) is 19.6 Å². The topological polar surface area (TPSA) is 89.9 Å². The molecule has 1 saturated carbocycles. The minimum atomic E-state index is -0.804. The van der Waals surface area contributed by atoms with Crippen molar-refractivity contribution >= 4 is 12.0 Å². The lowest BCUT2D eigenvalue weighted by molar-refractivity contribution is -0.141. The first kappa shape index (κ1) is 15.1. The Hall–Kier alpha value is -1.30. The van der Waals surface area contributed by atoms with Gasteiger partial charge in [0.15, 0.2) is 0 Å². The van der Waals surface area contributed by atoms with Crippen molar-refractivity contribution in [3.63, 3.8) is 0 Å². The molecule has 1 saturated heterocycles. The van der Waals surface area contributed by atoms with Crippen LogP contribution >= 0.6 is 0 Å². The van der Waals surface area contributed by atoms with Gasteiger partial charge in [-0.15, -0.1) is 0 Å². The number of carboxylic acid groups (broad SMARTS) is 1. The average molecular weight is 284 g/mol. The van der Waals surface area contributed by atoms with E-state index in [1.54, 1.807) is 4.90 Å². The largest absolute Gasteiger partial charge is 0.481 e. The van der Waals surface area contributed by atoms with Gasteiger partial charge in [-0.2, -0.15) is 0 Å². The zero-order chi connectivity index (χ0) is 14.8. The summed E-state index contributed by atoms with van der Waals surface area (Å²) in [5.41, 5.74) is -0.261. The number of likely N-dealkylation sites (tertiary alicyclic amines) is 1. The maximum atomic E-state index is 12.1. The molecule has 114 valence electrons. The SMILES string of the molecule is CC1CCN(C(=O)NCC2(CC(=O)O)CCC2)CC1O. The molecule has 0 aromatic heterocycles. The fourth-order valence-corrected chi connectivity index (χ4v) is 3.02. The van der Waals surface area contributed by atoms with Crippen molar-refractivity contribution in [1.82, 2.24) is 10.2 Å².